The van der Waals surface area contributed by atoms with Gasteiger partial charge in [-0.05, 0) is 6.42 Å². The third kappa shape index (κ3) is 16.4. The first-order valence-electron chi connectivity index (χ1n) is 22.1. The van der Waals surface area contributed by atoms with Crippen molar-refractivity contribution in [3.8, 4) is 0 Å². The molecule has 21 N–H and O–H groups in total. The Balaban J connectivity index is 0.990. The Morgan fingerprint density at radius 1 is 0.851 bits per heavy atom. The summed E-state index contributed by atoms with van der Waals surface area (Å²) in [5.41, 5.74) is 21.9. The third-order valence-electron chi connectivity index (χ3n) is 11.7. The van der Waals surface area contributed by atoms with Crippen LogP contribution in [0.15, 0.2) is 12.7 Å². The van der Waals surface area contributed by atoms with Crippen LogP contribution in [0.25, 0.3) is 11.2 Å². The number of anilines is 1. The second-order valence-corrected chi connectivity index (χ2v) is 23.7. The van der Waals surface area contributed by atoms with E-state index in [0.29, 0.717) is 0 Å². The first kappa shape index (κ1) is 61.7. The monoisotopic (exact) mass is 1150 g/mol. The summed E-state index contributed by atoms with van der Waals surface area (Å²) in [7, 11) is -18.4. The number of nitrogens with two attached hydrogens (primary N) is 4. The molecule has 74 heavy (non-hydrogen) atoms. The van der Waals surface area contributed by atoms with E-state index in [1.807, 2.05) is 0 Å². The molecule has 3 amide bonds. The van der Waals surface area contributed by atoms with E-state index in [1.54, 1.807) is 0 Å². The molecular weight excluding hydrogens is 1080 g/mol. The van der Waals surface area contributed by atoms with Crippen molar-refractivity contribution in [2.45, 2.75) is 118 Å². The van der Waals surface area contributed by atoms with Gasteiger partial charge in [0.25, 0.3) is 0 Å². The number of rotatable bonds is 25. The largest absolute Gasteiger partial charge is 0.481 e. The highest BCUT2D eigenvalue weighted by atomic mass is 32.2. The Labute approximate surface area is 421 Å². The molecule has 2 aromatic rings. The molecule has 3 unspecified atom stereocenters. The van der Waals surface area contributed by atoms with Gasteiger partial charge < -0.3 is 103 Å². The van der Waals surface area contributed by atoms with Crippen molar-refractivity contribution in [2.24, 2.45) is 22.6 Å². The van der Waals surface area contributed by atoms with Gasteiger partial charge >= 0.3 is 23.5 Å². The van der Waals surface area contributed by atoms with Gasteiger partial charge in [-0.25, -0.2) is 28.6 Å². The molecule has 0 aromatic carbocycles. The molecule has 0 spiro atoms. The molecule has 2 aliphatic heterocycles. The summed E-state index contributed by atoms with van der Waals surface area (Å²) in [6.07, 6.45) is -17.4. The number of phosphoric ester groups is 3. The van der Waals surface area contributed by atoms with E-state index in [9.17, 15) is 82.5 Å². The number of carbonyl (C=O) groups is 3. The lowest BCUT2D eigenvalue weighted by molar-refractivity contribution is -0.288. The van der Waals surface area contributed by atoms with E-state index < -0.39 is 175 Å². The molecule has 1 aliphatic carbocycles. The second kappa shape index (κ2) is 25.5. The van der Waals surface area contributed by atoms with Crippen LogP contribution in [0.5, 0.6) is 0 Å². The minimum absolute atomic E-state index is 0.0000973. The predicted molar refractivity (Wildman–Crippen MR) is 247 cm³/mol. The Bertz CT molecular complexity index is 2450. The Hall–Kier alpha value is -3.20. The zero-order valence-electron chi connectivity index (χ0n) is 39.2. The number of aromatic nitrogens is 4. The Morgan fingerprint density at radius 3 is 2.20 bits per heavy atom. The number of nitrogen functional groups attached to an aromatic ring is 1. The number of phosphoric acid groups is 3. The number of nitrogens with zero attached hydrogens (tertiary/aromatic N) is 4. The van der Waals surface area contributed by atoms with Crippen molar-refractivity contribution in [3.63, 3.8) is 0 Å². The number of amides is 3. The van der Waals surface area contributed by atoms with Crippen molar-refractivity contribution >= 4 is 69.0 Å². The molecule has 5 rings (SSSR count). The quantitative estimate of drug-likeness (QED) is 0.0411. The zero-order valence-corrected chi connectivity index (χ0v) is 42.7. The fourth-order valence-electron chi connectivity index (χ4n) is 7.60. The van der Waals surface area contributed by atoms with Crippen molar-refractivity contribution in [3.05, 3.63) is 12.7 Å². The summed E-state index contributed by atoms with van der Waals surface area (Å²) >= 11 is 0. The molecule has 3 fully saturated rings. The van der Waals surface area contributed by atoms with E-state index >= 15 is 0 Å². The number of aliphatic hydroxyl groups is 6. The minimum atomic E-state index is -5.65. The van der Waals surface area contributed by atoms with E-state index in [-0.39, 0.29) is 48.7 Å². The average Bonchev–Trinajstić information content (AvgIpc) is 3.87. The van der Waals surface area contributed by atoms with Crippen molar-refractivity contribution in [1.82, 2.24) is 35.5 Å². The number of ether oxygens (including phenoxy) is 3. The van der Waals surface area contributed by atoms with Gasteiger partial charge in [0.2, 0.25) is 17.7 Å². The van der Waals surface area contributed by atoms with Crippen LogP contribution in [-0.2, 0) is 71.0 Å². The standard InChI is InChI=1S/C35H62N11O24P3S/c1-35(2,11-65-73(61,62)70-72(59,60)64-9-17-28(69-71(56,57)58)26(53)33(66-17)46-13-45-21-30(39)43-12-44-31(21)46)29(54)32(55)41-4-3-18(47)40-5-6-74(63)10-19(48)42-8-16-23(50)24(51)20(38)34(67-16)68-27-15(37)7-14(36)22(49)25(27)52/h12-17,20,22-29,33-34,49-54H,3-11,36-38H2,1-2H3,(H,40,47)(H,41,55)(H,42,48)(H,59,60)(H,61,62)(H2,39,43,44)(H2,56,57,58)/t14-,15+,16-,17-,20-,22+,23-,24-,25-,26-,27-,28-,29+,33-,34-,74?/m1/s1. The van der Waals surface area contributed by atoms with Crippen molar-refractivity contribution in [2.75, 3.05) is 50.1 Å². The molecule has 0 bridgehead atoms. The minimum Gasteiger partial charge on any atom is -0.389 e. The Kier molecular flexibility index (Phi) is 21.3. The van der Waals surface area contributed by atoms with Crippen LogP contribution in [0.1, 0.15) is 32.9 Å². The summed E-state index contributed by atoms with van der Waals surface area (Å²) in [5, 5.41) is 70.3. The summed E-state index contributed by atoms with van der Waals surface area (Å²) in [4.78, 5) is 88.8. The molecule has 3 aliphatic rings. The van der Waals surface area contributed by atoms with Gasteiger partial charge in [-0.1, -0.05) is 13.8 Å². The zero-order chi connectivity index (χ0) is 55.2. The van der Waals surface area contributed by atoms with Crippen LogP contribution < -0.4 is 38.9 Å². The van der Waals surface area contributed by atoms with E-state index in [1.165, 1.54) is 13.8 Å². The smallest absolute Gasteiger partial charge is 0.389 e. The number of nitrogens with one attached hydrogen (secondary N) is 3. The van der Waals surface area contributed by atoms with Crippen LogP contribution >= 0.6 is 23.5 Å². The van der Waals surface area contributed by atoms with Gasteiger partial charge in [0.1, 0.15) is 72.5 Å². The van der Waals surface area contributed by atoms with Crippen molar-refractivity contribution < 1.29 is 115 Å². The first-order valence-corrected chi connectivity index (χ1v) is 28.1. The third-order valence-corrected chi connectivity index (χ3v) is 16.0. The normalized spacial score (nSPS) is 32.3. The molecule has 2 aromatic heterocycles. The topological polar surface area (TPSA) is 570 Å². The van der Waals surface area contributed by atoms with E-state index in [0.717, 1.165) is 17.2 Å². The highest BCUT2D eigenvalue weighted by Gasteiger charge is 2.51. The van der Waals surface area contributed by atoms with Crippen molar-refractivity contribution in [1.29, 1.82) is 0 Å². The average molecular weight is 1150 g/mol. The summed E-state index contributed by atoms with van der Waals surface area (Å²) in [6, 6.07) is -3.01. The molecule has 4 heterocycles. The maximum atomic E-state index is 12.8. The fourth-order valence-corrected chi connectivity index (χ4v) is 11.3. The van der Waals surface area contributed by atoms with E-state index in [2.05, 4.69) is 39.7 Å². The van der Waals surface area contributed by atoms with Gasteiger partial charge in [-0.2, -0.15) is 4.31 Å². The highest BCUT2D eigenvalue weighted by Crippen LogP contribution is 2.61. The molecule has 0 radical (unpaired) electrons. The summed E-state index contributed by atoms with van der Waals surface area (Å²) < 4.78 is 86.3. The van der Waals surface area contributed by atoms with Crippen LogP contribution in [-0.4, -0.2) is 221 Å². The number of hydrogen-bond donors (Lipinski definition) is 17. The van der Waals surface area contributed by atoms with Gasteiger partial charge in [0.05, 0.1) is 31.7 Å². The summed E-state index contributed by atoms with van der Waals surface area (Å²) in [6.45, 7) is -0.720. The Morgan fingerprint density at radius 2 is 1.53 bits per heavy atom. The number of fused-ring (bicyclic) bond motifs is 1. The lowest BCUT2D eigenvalue weighted by Gasteiger charge is -2.45. The number of hydrogen-bond acceptors (Lipinski definition) is 27. The second-order valence-electron chi connectivity index (χ2n) is 17.9. The highest BCUT2D eigenvalue weighted by molar-refractivity contribution is 7.85. The van der Waals surface area contributed by atoms with Gasteiger partial charge in [0.15, 0.2) is 24.0 Å². The summed E-state index contributed by atoms with van der Waals surface area (Å²) in [5.74, 6) is -3.33. The fraction of sp³-hybridized carbons (Fsp3) is 0.771. The molecule has 39 heteroatoms. The van der Waals surface area contributed by atoms with Crippen LogP contribution in [0.2, 0.25) is 0 Å². The number of imidazole rings is 1. The molecular formula is C35H62N11O24P3S. The van der Waals surface area contributed by atoms with Gasteiger partial charge in [-0.3, -0.25) is 36.7 Å². The van der Waals surface area contributed by atoms with Crippen LogP contribution in [0.3, 0.4) is 0 Å². The molecule has 35 nitrogen and oxygen atoms in total. The molecule has 1 saturated carbocycles. The van der Waals surface area contributed by atoms with E-state index in [4.69, 9.17) is 46.2 Å². The van der Waals surface area contributed by atoms with Gasteiger partial charge in [0, 0.05) is 60.1 Å². The number of aliphatic hydroxyl groups excluding tert-OH is 6. The van der Waals surface area contributed by atoms with Gasteiger partial charge in [-0.15, -0.1) is 0 Å². The maximum Gasteiger partial charge on any atom is 0.481 e. The maximum absolute atomic E-state index is 12.8. The molecule has 422 valence electrons. The molecule has 18 atom stereocenters. The SMILES string of the molecule is CC(C)(COP(=O)(O)OP(=O)(O)OC[C@H]1O[C@@H](n2cnc3c(N)ncnc32)[C@H](O)[C@@H]1OP(=O)(O)O)[C@@H](O)C(=O)NCCC(=O)NCCS(=O)CC(=O)NC[C@H]1O[C@H](O[C@H]2[C@H](O)[C@@H](O)[C@H](N)C[C@@H]2N)[C@H](N)[C@@H](O)[C@@H]1O. The first-order chi connectivity index (χ1) is 34.3. The predicted octanol–water partition coefficient (Wildman–Crippen LogP) is -7.79. The van der Waals surface area contributed by atoms with Crippen LogP contribution in [0.4, 0.5) is 5.82 Å². The molecule has 2 saturated heterocycles. The number of carbonyl (C=O) groups excluding carboxylic acids is 3. The van der Waals surface area contributed by atoms with Crippen LogP contribution in [0, 0.1) is 5.41 Å². The lowest BCUT2D eigenvalue weighted by Crippen LogP contribution is -2.67. The lowest BCUT2D eigenvalue weighted by atomic mass is 9.84.